The number of thiol groups is 1. The largest absolute Gasteiger partial charge is 0.126 e. The Morgan fingerprint density at radius 3 is 1.67 bits per heavy atom. The minimum absolute atomic E-state index is 0.739. The van der Waals surface area contributed by atoms with Crippen LogP contribution in [0.5, 0.6) is 0 Å². The Kier molecular flexibility index (Phi) is 0.844. The van der Waals surface area contributed by atoms with Gasteiger partial charge in [0.2, 0.25) is 0 Å². The van der Waals surface area contributed by atoms with Crippen LogP contribution < -0.4 is 0 Å². The molecule has 0 aromatic rings. The average molecular weight is 174 g/mol. The topological polar surface area (TPSA) is 0 Å². The van der Waals surface area contributed by atoms with Gasteiger partial charge in [-0.2, -0.15) is 0 Å². The predicted octanol–water partition coefficient (Wildman–Crippen LogP) is 1.59. The highest BCUT2D eigenvalue weighted by Gasteiger charge is 2.48. The number of rotatable bonds is 0. The van der Waals surface area contributed by atoms with E-state index in [2.05, 4.69) is 0 Å². The molecule has 0 radical (unpaired) electrons. The third kappa shape index (κ3) is 0.434. The normalized spacial score (nSPS) is 51.7. The molecule has 0 N–H and O–H groups in total. The smallest absolute Gasteiger partial charge is 0.0739 e. The lowest BCUT2D eigenvalue weighted by molar-refractivity contribution is 2.12. The lowest BCUT2D eigenvalue weighted by atomic mass is 11.9. The van der Waals surface area contributed by atoms with Crippen molar-refractivity contribution in [1.29, 1.82) is 0 Å². The zero-order chi connectivity index (χ0) is 4.20. The molecule has 3 aliphatic rings. The van der Waals surface area contributed by atoms with E-state index in [-0.39, 0.29) is 0 Å². The van der Waals surface area contributed by atoms with Crippen LogP contribution >= 0.6 is 32.4 Å². The van der Waals surface area contributed by atoms with Crippen LogP contribution in [-0.4, -0.2) is 3.91 Å². The molecule has 3 heterocycles. The van der Waals surface area contributed by atoms with Crippen LogP contribution in [0, 0.1) is 0 Å². The maximum Gasteiger partial charge on any atom is 0.126 e. The van der Waals surface area contributed by atoms with Gasteiger partial charge in [-0.1, -0.05) is 38.1 Å². The van der Waals surface area contributed by atoms with Gasteiger partial charge in [0.15, 0.2) is 0 Å². The third-order valence-electron chi connectivity index (χ3n) is 0.645. The maximum atomic E-state index is 5.14. The van der Waals surface area contributed by atoms with E-state index in [1.54, 1.807) is 0 Å². The van der Waals surface area contributed by atoms with E-state index >= 15 is 0 Å². The van der Waals surface area contributed by atoms with Crippen molar-refractivity contribution in [1.82, 2.24) is 0 Å². The Balaban J connectivity index is 2.39. The lowest BCUT2D eigenvalue weighted by Crippen LogP contribution is -2.27. The summed E-state index contributed by atoms with van der Waals surface area (Å²) in [5, 5.41) is 0. The molecule has 2 bridgehead atoms. The molecule has 5 heteroatoms. The quantitative estimate of drug-likeness (QED) is 0.437. The van der Waals surface area contributed by atoms with Crippen LogP contribution in [0.3, 0.4) is 0 Å². The molecule has 0 aromatic heterocycles. The van der Waals surface area contributed by atoms with Gasteiger partial charge in [-0.25, -0.2) is 0 Å². The molecule has 3 rings (SSSR count). The highest BCUT2D eigenvalue weighted by atomic mass is 34.0. The zero-order valence-corrected chi connectivity index (χ0v) is 6.82. The highest BCUT2D eigenvalue weighted by molar-refractivity contribution is 9.56. The molecule has 3 aliphatic heterocycles. The van der Waals surface area contributed by atoms with E-state index < -0.39 is 5.68 Å². The van der Waals surface area contributed by atoms with Crippen molar-refractivity contribution in [3.63, 3.8) is 0 Å². The summed E-state index contributed by atoms with van der Waals surface area (Å²) in [6.07, 6.45) is 0. The van der Waals surface area contributed by atoms with Crippen molar-refractivity contribution < 1.29 is 0 Å². The summed E-state index contributed by atoms with van der Waals surface area (Å²) in [4.78, 5) is 0. The van der Waals surface area contributed by atoms with E-state index in [0.29, 0.717) is 0 Å². The van der Waals surface area contributed by atoms with Crippen LogP contribution in [0.15, 0.2) is 0 Å². The molecule has 0 saturated carbocycles. The first-order valence-electron chi connectivity index (χ1n) is 1.44. The summed E-state index contributed by atoms with van der Waals surface area (Å²) in [5.74, 6) is 0. The second-order valence-corrected chi connectivity index (χ2v) is 17.5. The average Bonchev–Trinajstić information content (AvgIpc) is 1.24. The van der Waals surface area contributed by atoms with Crippen LogP contribution in [0.1, 0.15) is 0 Å². The van der Waals surface area contributed by atoms with Gasteiger partial charge in [-0.05, 0) is 11.2 Å². The summed E-state index contributed by atoms with van der Waals surface area (Å²) in [7, 11) is 6.03. The lowest BCUT2D eigenvalue weighted by Gasteiger charge is -2.53. The first kappa shape index (κ1) is 4.49. The molecule has 0 spiro atoms. The summed E-state index contributed by atoms with van der Waals surface area (Å²) in [5.41, 5.74) is -0.739. The molecule has 0 nitrogen and oxygen atoms in total. The molecule has 0 aliphatic carbocycles. The fraction of sp³-hybridized carbons (Fsp3) is 1.00. The van der Waals surface area contributed by atoms with Crippen molar-refractivity contribution in [3.05, 3.63) is 0 Å². The van der Waals surface area contributed by atoms with Crippen molar-refractivity contribution >= 4 is 49.3 Å². The van der Waals surface area contributed by atoms with E-state index in [4.69, 9.17) is 11.2 Å². The Bertz CT molecular complexity index is 102. The minimum Gasteiger partial charge on any atom is -0.0739 e. The number of hydrogen-bond acceptors (Lipinski definition) is 4. The summed E-state index contributed by atoms with van der Waals surface area (Å²) >= 11 is 5.14. The second-order valence-electron chi connectivity index (χ2n) is 1.05. The van der Waals surface area contributed by atoms with Crippen LogP contribution in [0.4, 0.5) is 0 Å². The summed E-state index contributed by atoms with van der Waals surface area (Å²) in [6.45, 7) is 0. The van der Waals surface area contributed by atoms with Crippen LogP contribution in [0.25, 0.3) is 0 Å². The van der Waals surface area contributed by atoms with E-state index in [1.807, 2.05) is 32.4 Å². The van der Waals surface area contributed by atoms with Crippen molar-refractivity contribution in [2.24, 2.45) is 0 Å². The third-order valence-corrected chi connectivity index (χ3v) is 17.4. The monoisotopic (exact) mass is 174 g/mol. The Hall–Kier alpha value is 1.62. The molecule has 0 aromatic carbocycles. The minimum atomic E-state index is -0.739. The Labute approximate surface area is 53.0 Å². The number of hydrogen-bond donors (Lipinski definition) is 1. The molecule has 3 fully saturated rings. The van der Waals surface area contributed by atoms with Crippen molar-refractivity contribution in [3.8, 4) is 0 Å². The molecular formula is CH2S5. The van der Waals surface area contributed by atoms with E-state index in [0.717, 1.165) is 3.91 Å². The fourth-order valence-corrected chi connectivity index (χ4v) is 20.6. The molecule has 6 heavy (non-hydrogen) atoms. The van der Waals surface area contributed by atoms with Gasteiger partial charge in [-0.3, -0.25) is 0 Å². The van der Waals surface area contributed by atoms with Crippen LogP contribution in [-0.2, 0) is 16.9 Å². The van der Waals surface area contributed by atoms with Crippen LogP contribution in [0.2, 0.25) is 0 Å². The zero-order valence-electron chi connectivity index (χ0n) is 2.66. The summed E-state index contributed by atoms with van der Waals surface area (Å²) < 4.78 is 0.871. The highest BCUT2D eigenvalue weighted by Crippen LogP contribution is 2.80. The molecule has 3 saturated heterocycles. The predicted molar refractivity (Wildman–Crippen MR) is 42.7 cm³/mol. The second kappa shape index (κ2) is 1.13. The molecular weight excluding hydrogens is 172 g/mol. The molecule has 0 atom stereocenters. The fourth-order valence-electron chi connectivity index (χ4n) is 0.340. The first-order chi connectivity index (χ1) is 2.79. The van der Waals surface area contributed by atoms with Gasteiger partial charge < -0.3 is 0 Å². The summed E-state index contributed by atoms with van der Waals surface area (Å²) in [6, 6.07) is 0. The van der Waals surface area contributed by atoms with Gasteiger partial charge in [-0.15, -0.1) is 0 Å². The standard InChI is InChI=1S/CH2S5/c2-6-3-1(4-6)5-6/h1,6H. The first-order valence-corrected chi connectivity index (χ1v) is 8.69. The SMILES string of the molecule is S=[SH]12SC(S1)S2. The molecule has 0 unspecified atom stereocenters. The van der Waals surface area contributed by atoms with Gasteiger partial charge in [0.25, 0.3) is 0 Å². The van der Waals surface area contributed by atoms with Gasteiger partial charge in [0.05, 0.1) is 0 Å². The van der Waals surface area contributed by atoms with Gasteiger partial charge in [0.1, 0.15) is 3.91 Å². The van der Waals surface area contributed by atoms with Crippen molar-refractivity contribution in [2.75, 3.05) is 0 Å². The van der Waals surface area contributed by atoms with Crippen molar-refractivity contribution in [2.45, 2.75) is 3.91 Å². The van der Waals surface area contributed by atoms with E-state index in [9.17, 15) is 0 Å². The van der Waals surface area contributed by atoms with E-state index in [1.165, 1.54) is 0 Å². The Morgan fingerprint density at radius 2 is 1.67 bits per heavy atom. The van der Waals surface area contributed by atoms with Gasteiger partial charge in [0, 0.05) is 0 Å². The maximum absolute atomic E-state index is 5.14. The Morgan fingerprint density at radius 1 is 1.33 bits per heavy atom. The molecule has 36 valence electrons. The van der Waals surface area contributed by atoms with Gasteiger partial charge >= 0.3 is 0 Å². The molecule has 0 amide bonds.